The van der Waals surface area contributed by atoms with Crippen LogP contribution in [0.5, 0.6) is 0 Å². The fourth-order valence-electron chi connectivity index (χ4n) is 1.69. The van der Waals surface area contributed by atoms with E-state index in [0.29, 0.717) is 23.0 Å². The first-order valence-corrected chi connectivity index (χ1v) is 5.10. The van der Waals surface area contributed by atoms with Gasteiger partial charge < -0.3 is 5.11 Å². The van der Waals surface area contributed by atoms with Gasteiger partial charge in [-0.2, -0.15) is 4.68 Å². The second-order valence-corrected chi connectivity index (χ2v) is 3.75. The Morgan fingerprint density at radius 1 is 1.35 bits per heavy atom. The van der Waals surface area contributed by atoms with Gasteiger partial charge >= 0.3 is 5.97 Å². The van der Waals surface area contributed by atoms with E-state index in [2.05, 4.69) is 15.1 Å². The van der Waals surface area contributed by atoms with Crippen LogP contribution >= 0.6 is 0 Å². The molecule has 0 amide bonds. The van der Waals surface area contributed by atoms with Crippen LogP contribution in [0.1, 0.15) is 27.6 Å². The Hall–Kier alpha value is -2.24. The number of pyridine rings is 1. The largest absolute Gasteiger partial charge is 0.478 e. The zero-order chi connectivity index (χ0) is 12.6. The summed E-state index contributed by atoms with van der Waals surface area (Å²) in [6.07, 6.45) is 1.56. The molecule has 0 saturated heterocycles. The lowest BCUT2D eigenvalue weighted by Gasteiger charge is -2.08. The van der Waals surface area contributed by atoms with Crippen molar-refractivity contribution in [2.75, 3.05) is 0 Å². The van der Waals surface area contributed by atoms with E-state index in [-0.39, 0.29) is 5.56 Å². The van der Waals surface area contributed by atoms with Gasteiger partial charge in [0.05, 0.1) is 0 Å². The highest BCUT2D eigenvalue weighted by Crippen LogP contribution is 2.16. The zero-order valence-corrected chi connectivity index (χ0v) is 9.80. The lowest BCUT2D eigenvalue weighted by Crippen LogP contribution is -2.12. The van der Waals surface area contributed by atoms with Crippen LogP contribution in [0.25, 0.3) is 5.82 Å². The number of nitrogens with zero attached hydrogens (tertiary/aromatic N) is 4. The minimum Gasteiger partial charge on any atom is -0.478 e. The maximum absolute atomic E-state index is 11.2. The number of carboxylic acids is 1. The summed E-state index contributed by atoms with van der Waals surface area (Å²) in [5.74, 6) is 0.485. The van der Waals surface area contributed by atoms with E-state index in [1.807, 2.05) is 0 Å². The molecule has 0 aliphatic carbocycles. The molecule has 88 valence electrons. The molecule has 0 bridgehead atoms. The van der Waals surface area contributed by atoms with Crippen LogP contribution in [0.15, 0.2) is 12.3 Å². The van der Waals surface area contributed by atoms with Gasteiger partial charge in [0.1, 0.15) is 17.2 Å². The van der Waals surface area contributed by atoms with Crippen molar-refractivity contribution in [2.45, 2.75) is 20.8 Å². The third kappa shape index (κ3) is 1.89. The number of carbonyl (C=O) groups is 1. The van der Waals surface area contributed by atoms with E-state index >= 15 is 0 Å². The first kappa shape index (κ1) is 11.3. The predicted molar refractivity (Wildman–Crippen MR) is 60.3 cm³/mol. The number of aromatic carboxylic acids is 1. The molecule has 2 rings (SSSR count). The van der Waals surface area contributed by atoms with Crippen LogP contribution < -0.4 is 0 Å². The summed E-state index contributed by atoms with van der Waals surface area (Å²) < 4.78 is 1.45. The Kier molecular flexibility index (Phi) is 2.63. The lowest BCUT2D eigenvalue weighted by atomic mass is 10.1. The van der Waals surface area contributed by atoms with E-state index in [9.17, 15) is 9.90 Å². The third-order valence-corrected chi connectivity index (χ3v) is 2.43. The van der Waals surface area contributed by atoms with Crippen molar-refractivity contribution < 1.29 is 9.90 Å². The van der Waals surface area contributed by atoms with Crippen molar-refractivity contribution >= 4 is 5.97 Å². The molecule has 2 aromatic rings. The molecule has 0 saturated carbocycles. The Labute approximate surface area is 98.0 Å². The van der Waals surface area contributed by atoms with Crippen molar-refractivity contribution in [3.63, 3.8) is 0 Å². The molecule has 0 spiro atoms. The summed E-state index contributed by atoms with van der Waals surface area (Å²) in [7, 11) is 0. The van der Waals surface area contributed by atoms with Crippen LogP contribution in [0, 0.1) is 20.8 Å². The van der Waals surface area contributed by atoms with Gasteiger partial charge in [0.15, 0.2) is 5.82 Å². The van der Waals surface area contributed by atoms with Crippen molar-refractivity contribution in [3.05, 3.63) is 35.0 Å². The molecule has 6 heteroatoms. The van der Waals surface area contributed by atoms with Gasteiger partial charge in [0, 0.05) is 6.20 Å². The zero-order valence-electron chi connectivity index (χ0n) is 9.80. The topological polar surface area (TPSA) is 80.9 Å². The summed E-state index contributed by atoms with van der Waals surface area (Å²) in [5.41, 5.74) is 0.801. The maximum atomic E-state index is 11.2. The average Bonchev–Trinajstić information content (AvgIpc) is 2.56. The molecule has 0 radical (unpaired) electrons. The molecule has 0 unspecified atom stereocenters. The Balaban J connectivity index is 2.71. The summed E-state index contributed by atoms with van der Waals surface area (Å²) in [5, 5.41) is 13.3. The quantitative estimate of drug-likeness (QED) is 0.843. The van der Waals surface area contributed by atoms with Gasteiger partial charge in [0.2, 0.25) is 0 Å². The predicted octanol–water partition coefficient (Wildman–Crippen LogP) is 1.29. The number of carboxylic acid groups (broad SMARTS) is 1. The second-order valence-electron chi connectivity index (χ2n) is 3.75. The molecule has 0 aromatic carbocycles. The van der Waals surface area contributed by atoms with Crippen LogP contribution in [0.2, 0.25) is 0 Å². The van der Waals surface area contributed by atoms with Crippen molar-refractivity contribution in [1.29, 1.82) is 0 Å². The number of aryl methyl sites for hydroxylation is 3. The number of hydrogen-bond donors (Lipinski definition) is 1. The normalized spacial score (nSPS) is 10.5. The molecular weight excluding hydrogens is 220 g/mol. The van der Waals surface area contributed by atoms with E-state index in [1.165, 1.54) is 4.68 Å². The van der Waals surface area contributed by atoms with E-state index in [1.54, 1.807) is 33.0 Å². The third-order valence-electron chi connectivity index (χ3n) is 2.43. The van der Waals surface area contributed by atoms with E-state index in [0.717, 1.165) is 0 Å². The van der Waals surface area contributed by atoms with Crippen LogP contribution in [0.3, 0.4) is 0 Å². The molecule has 2 heterocycles. The highest BCUT2D eigenvalue weighted by Gasteiger charge is 2.18. The molecule has 17 heavy (non-hydrogen) atoms. The van der Waals surface area contributed by atoms with Crippen LogP contribution in [-0.4, -0.2) is 30.8 Å². The van der Waals surface area contributed by atoms with Crippen molar-refractivity contribution in [2.24, 2.45) is 0 Å². The van der Waals surface area contributed by atoms with Gasteiger partial charge in [-0.1, -0.05) is 0 Å². The summed E-state index contributed by atoms with van der Waals surface area (Å²) in [6.45, 7) is 5.24. The highest BCUT2D eigenvalue weighted by molar-refractivity contribution is 5.92. The minimum absolute atomic E-state index is 0.153. The highest BCUT2D eigenvalue weighted by atomic mass is 16.4. The van der Waals surface area contributed by atoms with Gasteiger partial charge in [-0.15, -0.1) is 5.10 Å². The summed E-state index contributed by atoms with van der Waals surface area (Å²) >= 11 is 0. The van der Waals surface area contributed by atoms with E-state index in [4.69, 9.17) is 0 Å². The van der Waals surface area contributed by atoms with Crippen LogP contribution in [0.4, 0.5) is 0 Å². The van der Waals surface area contributed by atoms with Crippen LogP contribution in [-0.2, 0) is 0 Å². The minimum atomic E-state index is -1.02. The second kappa shape index (κ2) is 3.97. The van der Waals surface area contributed by atoms with Gasteiger partial charge in [-0.05, 0) is 32.4 Å². The Bertz CT molecular complexity index is 589. The maximum Gasteiger partial charge on any atom is 0.339 e. The molecule has 0 fully saturated rings. The number of hydrogen-bond acceptors (Lipinski definition) is 4. The average molecular weight is 232 g/mol. The first-order valence-electron chi connectivity index (χ1n) is 5.10. The number of aromatic nitrogens is 4. The number of rotatable bonds is 2. The fourth-order valence-corrected chi connectivity index (χ4v) is 1.69. The summed E-state index contributed by atoms with van der Waals surface area (Å²) in [6, 6.07) is 1.66. The molecular formula is C11H12N4O2. The fraction of sp³-hybridized carbons (Fsp3) is 0.273. The Morgan fingerprint density at radius 3 is 2.59 bits per heavy atom. The van der Waals surface area contributed by atoms with Gasteiger partial charge in [-0.25, -0.2) is 14.8 Å². The SMILES string of the molecule is Cc1nc(C)n(-c2nccc(C)c2C(=O)O)n1. The standard InChI is InChI=1S/C11H12N4O2/c1-6-4-5-12-10(9(6)11(16)17)15-8(3)13-7(2)14-15/h4-5H,1-3H3,(H,16,17). The molecule has 1 N–H and O–H groups in total. The molecule has 0 atom stereocenters. The molecule has 6 nitrogen and oxygen atoms in total. The molecule has 0 aliphatic heterocycles. The monoisotopic (exact) mass is 232 g/mol. The van der Waals surface area contributed by atoms with Crippen molar-refractivity contribution in [1.82, 2.24) is 19.7 Å². The smallest absolute Gasteiger partial charge is 0.339 e. The Morgan fingerprint density at radius 2 is 2.06 bits per heavy atom. The molecule has 0 aliphatic rings. The van der Waals surface area contributed by atoms with Gasteiger partial charge in [-0.3, -0.25) is 0 Å². The van der Waals surface area contributed by atoms with Gasteiger partial charge in [0.25, 0.3) is 0 Å². The lowest BCUT2D eigenvalue weighted by molar-refractivity contribution is 0.0695. The van der Waals surface area contributed by atoms with Crippen molar-refractivity contribution in [3.8, 4) is 5.82 Å². The van der Waals surface area contributed by atoms with E-state index < -0.39 is 5.97 Å². The summed E-state index contributed by atoms with van der Waals surface area (Å²) in [4.78, 5) is 19.5. The first-order chi connectivity index (χ1) is 8.00. The molecule has 2 aromatic heterocycles.